The van der Waals surface area contributed by atoms with Crippen LogP contribution in [0.1, 0.15) is 116 Å². The summed E-state index contributed by atoms with van der Waals surface area (Å²) in [4.78, 5) is 189. The van der Waals surface area contributed by atoms with E-state index >= 15 is 0 Å². The number of carbonyl (C=O) groups excluding carboxylic acids is 14. The zero-order valence-electron chi connectivity index (χ0n) is 52.3. The number of primary amides is 2. The third kappa shape index (κ3) is 30.7. The van der Waals surface area contributed by atoms with Crippen molar-refractivity contribution in [1.82, 2.24) is 31.9 Å². The Labute approximate surface area is 541 Å². The van der Waals surface area contributed by atoms with Gasteiger partial charge < -0.3 is 65.7 Å². The van der Waals surface area contributed by atoms with Crippen LogP contribution in [0.25, 0.3) is 0 Å². The number of nitrogens with zero attached hydrogens (tertiary/aromatic N) is 1. The van der Waals surface area contributed by atoms with Gasteiger partial charge in [-0.05, 0) is 49.1 Å². The van der Waals surface area contributed by atoms with Crippen LogP contribution in [0.15, 0.2) is 65.7 Å². The molecular weight excluding hydrogens is 1220 g/mol. The molecule has 2 aromatic rings. The van der Waals surface area contributed by atoms with Crippen molar-refractivity contribution in [1.29, 1.82) is 0 Å². The first-order valence-electron chi connectivity index (χ1n) is 30.1. The summed E-state index contributed by atoms with van der Waals surface area (Å²) in [5, 5.41) is 25.5. The predicted molar refractivity (Wildman–Crippen MR) is 345 cm³/mol. The van der Waals surface area contributed by atoms with Gasteiger partial charge in [0.1, 0.15) is 6.04 Å². The third-order valence-corrected chi connectivity index (χ3v) is 15.5. The van der Waals surface area contributed by atoms with Crippen molar-refractivity contribution < 1.29 is 72.2 Å². The molecule has 29 heteroatoms. The fourth-order valence-electron chi connectivity index (χ4n) is 9.40. The highest BCUT2D eigenvalue weighted by Crippen LogP contribution is 2.21. The van der Waals surface area contributed by atoms with E-state index in [1.54, 1.807) is 60.7 Å². The lowest BCUT2D eigenvalue weighted by Crippen LogP contribution is -2.51. The minimum absolute atomic E-state index is 0.0109. The Morgan fingerprint density at radius 3 is 1.52 bits per heavy atom. The second-order valence-electron chi connectivity index (χ2n) is 23.3. The molecule has 0 aromatic heterocycles. The molecule has 0 heterocycles. The molecule has 0 unspecified atom stereocenters. The molecular formula is C62H92N12O15S2. The third-order valence-electron chi connectivity index (χ3n) is 14.8. The highest BCUT2D eigenvalue weighted by molar-refractivity contribution is 7.80. The van der Waals surface area contributed by atoms with E-state index in [0.29, 0.717) is 17.5 Å². The molecule has 0 aliphatic heterocycles. The molecule has 0 saturated heterocycles. The second-order valence-corrected chi connectivity index (χ2v) is 24.0. The Kier molecular flexibility index (Phi) is 36.1. The van der Waals surface area contributed by atoms with Crippen LogP contribution in [0, 0.1) is 35.5 Å². The lowest BCUT2D eigenvalue weighted by molar-refractivity contribution is -0.136. The molecule has 0 radical (unpaired) electrons. The summed E-state index contributed by atoms with van der Waals surface area (Å²) in [7, 11) is 0. The number of carbonyl (C=O) groups is 14. The SMILES string of the molecule is CC(C)C[C@H](NC(=O)[C@@H](CC(=O)[C@H](Cc1ccccc1)NC(=O)[C@H](CC(N)=O)CC(=O)[C@H](CO)NC(=O)[C@@H](N)CCCN=C(N)N)Cc1ccccc1)C(=O)CCC(=O)N[C@@H](CS)C(=O)C[C@@H](C)C(=O)N[C@@H](CS)C(=O)C[C@@H](C)C(=O)NCC(=O)C[C@@H](C)C(N)=O. The largest absolute Gasteiger partial charge is 0.394 e. The molecule has 2 aromatic carbocycles. The van der Waals surface area contributed by atoms with Gasteiger partial charge in [0.05, 0.1) is 49.3 Å². The fraction of sp³-hybridized carbons (Fsp3) is 0.565. The van der Waals surface area contributed by atoms with E-state index in [2.05, 4.69) is 62.2 Å². The summed E-state index contributed by atoms with van der Waals surface area (Å²) in [6, 6.07) is 9.69. The number of ketones is 6. The number of nitrogens with one attached hydrogen (secondary N) is 6. The fourth-order valence-corrected chi connectivity index (χ4v) is 9.99. The summed E-state index contributed by atoms with van der Waals surface area (Å²) < 4.78 is 0. The van der Waals surface area contributed by atoms with Gasteiger partial charge in [-0.25, -0.2) is 0 Å². The number of aliphatic imine (C=N–C) groups is 1. The van der Waals surface area contributed by atoms with Crippen LogP contribution in [-0.2, 0) is 80.0 Å². The van der Waals surface area contributed by atoms with Crippen molar-refractivity contribution in [3.63, 3.8) is 0 Å². The summed E-state index contributed by atoms with van der Waals surface area (Å²) in [5.74, 6) is -15.6. The molecule has 0 saturated carbocycles. The number of aliphatic hydroxyl groups excluding tert-OH is 1. The average molecular weight is 1310 g/mol. The zero-order chi connectivity index (χ0) is 68.5. The number of guanidine groups is 1. The summed E-state index contributed by atoms with van der Waals surface area (Å²) in [6.45, 7) is 6.88. The van der Waals surface area contributed by atoms with Gasteiger partial charge in [0.2, 0.25) is 47.3 Å². The molecule has 502 valence electrons. The van der Waals surface area contributed by atoms with Crippen molar-refractivity contribution in [3.05, 3.63) is 71.8 Å². The standard InChI is InChI=1S/C62H92N12O15S2/c1-34(2)21-44(49(77)18-19-55(83)70-47(32-90)50(78)24-37(5)58(86)74-48(33-91)51(79)23-36(4)57(85)69-30-42(76)22-35(3)56(65)84)71-59(87)40(25-38-13-8-6-9-14-38)27-52(80)45(26-39-15-10-7-11-16-39)72-60(88)41(29-54(64)82)28-53(81)46(31-75)73-61(89)43(63)17-12-20-68-62(66)67/h6-11,13-16,34-37,40-41,43-48,75,90-91H,12,17-33,63H2,1-5H3,(H2,64,82)(H2,65,84)(H,69,85)(H,70,83)(H,71,87)(H,72,88)(H,73,89)(H,74,86)(H4,66,67,68)/t35-,36-,37-,40-,41+,43+,44+,45+,46+,47+,48+/m1/s1. The molecule has 0 fully saturated rings. The number of rotatable bonds is 46. The van der Waals surface area contributed by atoms with E-state index in [0.717, 1.165) is 0 Å². The average Bonchev–Trinajstić information content (AvgIpc) is 2.21. The topological polar surface area (TPSA) is 474 Å². The molecule has 91 heavy (non-hydrogen) atoms. The molecule has 17 N–H and O–H groups in total. The van der Waals surface area contributed by atoms with E-state index in [1.165, 1.54) is 20.8 Å². The van der Waals surface area contributed by atoms with Crippen molar-refractivity contribution in [3.8, 4) is 0 Å². The number of amides is 8. The van der Waals surface area contributed by atoms with E-state index in [4.69, 9.17) is 28.7 Å². The van der Waals surface area contributed by atoms with Gasteiger partial charge in [-0.3, -0.25) is 72.1 Å². The minimum Gasteiger partial charge on any atom is -0.394 e. The van der Waals surface area contributed by atoms with E-state index < -0.39 is 193 Å². The van der Waals surface area contributed by atoms with Crippen LogP contribution in [0.4, 0.5) is 0 Å². The summed E-state index contributed by atoms with van der Waals surface area (Å²) in [5.41, 5.74) is 28.6. The highest BCUT2D eigenvalue weighted by Gasteiger charge is 2.36. The van der Waals surface area contributed by atoms with Crippen LogP contribution in [0.2, 0.25) is 0 Å². The monoisotopic (exact) mass is 1310 g/mol. The van der Waals surface area contributed by atoms with Crippen LogP contribution >= 0.6 is 25.3 Å². The first-order valence-corrected chi connectivity index (χ1v) is 31.4. The van der Waals surface area contributed by atoms with Crippen LogP contribution in [0.3, 0.4) is 0 Å². The van der Waals surface area contributed by atoms with Crippen molar-refractivity contribution in [2.24, 2.45) is 69.2 Å². The van der Waals surface area contributed by atoms with Gasteiger partial charge in [0, 0.05) is 93.1 Å². The molecule has 8 amide bonds. The zero-order valence-corrected chi connectivity index (χ0v) is 54.1. The maximum atomic E-state index is 14.7. The number of hydrogen-bond acceptors (Lipinski definition) is 19. The smallest absolute Gasteiger partial charge is 0.237 e. The normalized spacial score (nSPS) is 14.7. The summed E-state index contributed by atoms with van der Waals surface area (Å²) in [6.07, 6.45) is -3.17. The van der Waals surface area contributed by atoms with Crippen LogP contribution in [0.5, 0.6) is 0 Å². The van der Waals surface area contributed by atoms with Gasteiger partial charge in [0.25, 0.3) is 0 Å². The number of aliphatic hydroxyl groups is 1. The number of thiol groups is 2. The Morgan fingerprint density at radius 1 is 0.505 bits per heavy atom. The lowest BCUT2D eigenvalue weighted by atomic mass is 9.88. The molecule has 0 bridgehead atoms. The van der Waals surface area contributed by atoms with Gasteiger partial charge in [-0.1, -0.05) is 95.3 Å². The number of nitrogens with two attached hydrogens (primary N) is 5. The van der Waals surface area contributed by atoms with Gasteiger partial charge in [-0.15, -0.1) is 0 Å². The Bertz CT molecular complexity index is 2860. The summed E-state index contributed by atoms with van der Waals surface area (Å²) >= 11 is 8.42. The molecule has 11 atom stereocenters. The number of Topliss-reactive ketones (excluding diaryl/α,β-unsaturated/α-hetero) is 6. The van der Waals surface area contributed by atoms with Crippen molar-refractivity contribution >= 4 is 113 Å². The number of hydrogen-bond donors (Lipinski definition) is 14. The molecule has 0 aliphatic rings. The first-order chi connectivity index (χ1) is 42.9. The first kappa shape index (κ1) is 79.2. The second kappa shape index (κ2) is 41.5. The quantitative estimate of drug-likeness (QED) is 0.0163. The van der Waals surface area contributed by atoms with E-state index in [9.17, 15) is 72.2 Å². The highest BCUT2D eigenvalue weighted by atomic mass is 32.1. The Morgan fingerprint density at radius 2 is 0.989 bits per heavy atom. The maximum Gasteiger partial charge on any atom is 0.237 e. The lowest BCUT2D eigenvalue weighted by Gasteiger charge is -2.26. The van der Waals surface area contributed by atoms with Crippen LogP contribution < -0.4 is 60.6 Å². The van der Waals surface area contributed by atoms with Crippen LogP contribution in [-0.4, -0.2) is 160 Å². The Hall–Kier alpha value is -7.89. The molecule has 0 aliphatic carbocycles. The van der Waals surface area contributed by atoms with Crippen molar-refractivity contribution in [2.45, 2.75) is 154 Å². The number of benzene rings is 2. The Balaban J connectivity index is 2.24. The molecule has 0 spiro atoms. The van der Waals surface area contributed by atoms with Crippen molar-refractivity contribution in [2.75, 3.05) is 31.2 Å². The van der Waals surface area contributed by atoms with Gasteiger partial charge >= 0.3 is 0 Å². The minimum atomic E-state index is -1.54. The van der Waals surface area contributed by atoms with Gasteiger partial charge in [0.15, 0.2) is 40.7 Å². The van der Waals surface area contributed by atoms with E-state index in [1.807, 2.05) is 13.8 Å². The van der Waals surface area contributed by atoms with E-state index in [-0.39, 0.29) is 75.0 Å². The van der Waals surface area contributed by atoms with Gasteiger partial charge in [-0.2, -0.15) is 25.3 Å². The predicted octanol–water partition coefficient (Wildman–Crippen LogP) is -1.06. The molecule has 2 rings (SSSR count). The molecule has 27 nitrogen and oxygen atoms in total. The maximum absolute atomic E-state index is 14.7.